The number of nitrogens with one attached hydrogen (secondary N) is 1. The first kappa shape index (κ1) is 15.4. The SMILES string of the molecule is COCCNCCCCSc1nc(C)cc(C)n1. The Morgan fingerprint density at radius 3 is 2.56 bits per heavy atom. The minimum absolute atomic E-state index is 0.783. The molecule has 0 bridgehead atoms. The number of aromatic nitrogens is 2. The van der Waals surface area contributed by atoms with Crippen molar-refractivity contribution >= 4 is 11.8 Å². The third kappa shape index (κ3) is 6.93. The number of ether oxygens (including phenoxy) is 1. The van der Waals surface area contributed by atoms with Crippen LogP contribution in [0.25, 0.3) is 0 Å². The monoisotopic (exact) mass is 269 g/mol. The summed E-state index contributed by atoms with van der Waals surface area (Å²) in [5.74, 6) is 1.08. The van der Waals surface area contributed by atoms with Gasteiger partial charge in [-0.05, 0) is 39.3 Å². The van der Waals surface area contributed by atoms with Crippen LogP contribution in [0.3, 0.4) is 0 Å². The second-order valence-electron chi connectivity index (χ2n) is 4.23. The van der Waals surface area contributed by atoms with Crippen LogP contribution in [0.1, 0.15) is 24.2 Å². The first-order chi connectivity index (χ1) is 8.72. The Balaban J connectivity index is 2.07. The quantitative estimate of drug-likeness (QED) is 0.423. The molecule has 0 amide bonds. The first-order valence-electron chi connectivity index (χ1n) is 6.37. The zero-order chi connectivity index (χ0) is 13.2. The van der Waals surface area contributed by atoms with Gasteiger partial charge in [-0.1, -0.05) is 11.8 Å². The Hall–Kier alpha value is -0.650. The van der Waals surface area contributed by atoms with Crippen molar-refractivity contribution in [2.75, 3.05) is 32.6 Å². The van der Waals surface area contributed by atoms with E-state index in [0.29, 0.717) is 0 Å². The highest BCUT2D eigenvalue weighted by molar-refractivity contribution is 7.99. The summed E-state index contributed by atoms with van der Waals surface area (Å²) < 4.78 is 4.97. The van der Waals surface area contributed by atoms with E-state index >= 15 is 0 Å². The van der Waals surface area contributed by atoms with Crippen LogP contribution in [0.15, 0.2) is 11.2 Å². The lowest BCUT2D eigenvalue weighted by molar-refractivity contribution is 0.199. The normalized spacial score (nSPS) is 10.8. The molecule has 18 heavy (non-hydrogen) atoms. The smallest absolute Gasteiger partial charge is 0.187 e. The predicted octanol–water partition coefficient (Wildman–Crippen LogP) is 2.20. The van der Waals surface area contributed by atoms with E-state index in [0.717, 1.165) is 42.0 Å². The predicted molar refractivity (Wildman–Crippen MR) is 76.2 cm³/mol. The summed E-state index contributed by atoms with van der Waals surface area (Å²) in [6.45, 7) is 6.80. The number of thioether (sulfide) groups is 1. The number of rotatable bonds is 9. The number of aryl methyl sites for hydroxylation is 2. The Bertz CT molecular complexity index is 327. The van der Waals surface area contributed by atoms with Gasteiger partial charge in [0.15, 0.2) is 5.16 Å². The van der Waals surface area contributed by atoms with Gasteiger partial charge in [0.1, 0.15) is 0 Å². The molecule has 0 aliphatic heterocycles. The second-order valence-corrected chi connectivity index (χ2v) is 5.29. The van der Waals surface area contributed by atoms with Gasteiger partial charge in [0.05, 0.1) is 6.61 Å². The molecular weight excluding hydrogens is 246 g/mol. The fourth-order valence-corrected chi connectivity index (χ4v) is 2.52. The average molecular weight is 269 g/mol. The van der Waals surface area contributed by atoms with Gasteiger partial charge in [0, 0.05) is 30.8 Å². The van der Waals surface area contributed by atoms with Crippen LogP contribution < -0.4 is 5.32 Å². The van der Waals surface area contributed by atoms with E-state index in [1.807, 2.05) is 19.9 Å². The molecule has 1 aromatic heterocycles. The van der Waals surface area contributed by atoms with Crippen LogP contribution in [-0.4, -0.2) is 42.5 Å². The summed E-state index contributed by atoms with van der Waals surface area (Å²) in [5, 5.41) is 4.24. The summed E-state index contributed by atoms with van der Waals surface area (Å²) in [5.41, 5.74) is 2.09. The van der Waals surface area contributed by atoms with E-state index in [1.165, 1.54) is 12.8 Å². The summed E-state index contributed by atoms with van der Waals surface area (Å²) in [7, 11) is 1.72. The van der Waals surface area contributed by atoms with E-state index in [2.05, 4.69) is 15.3 Å². The molecule has 1 heterocycles. The molecular formula is C13H23N3OS. The lowest BCUT2D eigenvalue weighted by Gasteiger charge is -2.04. The molecule has 0 aromatic carbocycles. The zero-order valence-electron chi connectivity index (χ0n) is 11.5. The molecule has 0 fully saturated rings. The van der Waals surface area contributed by atoms with E-state index < -0.39 is 0 Å². The van der Waals surface area contributed by atoms with Gasteiger partial charge in [-0.3, -0.25) is 0 Å². The fourth-order valence-electron chi connectivity index (χ4n) is 1.57. The second kappa shape index (κ2) is 9.30. The third-order valence-electron chi connectivity index (χ3n) is 2.42. The van der Waals surface area contributed by atoms with Crippen molar-refractivity contribution in [2.24, 2.45) is 0 Å². The largest absolute Gasteiger partial charge is 0.383 e. The van der Waals surface area contributed by atoms with Gasteiger partial charge in [0.25, 0.3) is 0 Å². The molecule has 0 unspecified atom stereocenters. The fraction of sp³-hybridized carbons (Fsp3) is 0.692. The van der Waals surface area contributed by atoms with E-state index in [4.69, 9.17) is 4.74 Å². The molecule has 0 aliphatic carbocycles. The van der Waals surface area contributed by atoms with Crippen LogP contribution in [0, 0.1) is 13.8 Å². The Morgan fingerprint density at radius 1 is 1.17 bits per heavy atom. The van der Waals surface area contributed by atoms with Crippen molar-refractivity contribution in [1.29, 1.82) is 0 Å². The average Bonchev–Trinajstić information content (AvgIpc) is 2.31. The Labute approximate surface area is 114 Å². The maximum absolute atomic E-state index is 4.97. The number of methoxy groups -OCH3 is 1. The lowest BCUT2D eigenvalue weighted by atomic mass is 10.3. The zero-order valence-corrected chi connectivity index (χ0v) is 12.3. The molecule has 1 rings (SSSR count). The lowest BCUT2D eigenvalue weighted by Crippen LogP contribution is -2.20. The molecule has 4 nitrogen and oxygen atoms in total. The summed E-state index contributed by atoms with van der Waals surface area (Å²) >= 11 is 1.74. The maximum atomic E-state index is 4.97. The van der Waals surface area contributed by atoms with Crippen molar-refractivity contribution in [3.63, 3.8) is 0 Å². The molecule has 0 atom stereocenters. The molecule has 0 radical (unpaired) electrons. The molecule has 102 valence electrons. The number of unbranched alkanes of at least 4 members (excludes halogenated alkanes) is 1. The maximum Gasteiger partial charge on any atom is 0.187 e. The van der Waals surface area contributed by atoms with Crippen LogP contribution in [-0.2, 0) is 4.74 Å². The summed E-state index contributed by atoms with van der Waals surface area (Å²) in [4.78, 5) is 8.82. The van der Waals surface area contributed by atoms with Crippen LogP contribution in [0.5, 0.6) is 0 Å². The highest BCUT2D eigenvalue weighted by Crippen LogP contribution is 2.15. The number of hydrogen-bond acceptors (Lipinski definition) is 5. The van der Waals surface area contributed by atoms with Crippen molar-refractivity contribution in [2.45, 2.75) is 31.8 Å². The highest BCUT2D eigenvalue weighted by Gasteiger charge is 2.00. The van der Waals surface area contributed by atoms with E-state index in [9.17, 15) is 0 Å². The van der Waals surface area contributed by atoms with Crippen molar-refractivity contribution in [1.82, 2.24) is 15.3 Å². The first-order valence-corrected chi connectivity index (χ1v) is 7.35. The van der Waals surface area contributed by atoms with Gasteiger partial charge >= 0.3 is 0 Å². The highest BCUT2D eigenvalue weighted by atomic mass is 32.2. The third-order valence-corrected chi connectivity index (χ3v) is 3.36. The molecule has 1 aromatic rings. The van der Waals surface area contributed by atoms with Gasteiger partial charge in [-0.15, -0.1) is 0 Å². The van der Waals surface area contributed by atoms with Gasteiger partial charge in [0.2, 0.25) is 0 Å². The van der Waals surface area contributed by atoms with Gasteiger partial charge in [-0.2, -0.15) is 0 Å². The molecule has 1 N–H and O–H groups in total. The Morgan fingerprint density at radius 2 is 1.89 bits per heavy atom. The van der Waals surface area contributed by atoms with Crippen molar-refractivity contribution < 1.29 is 4.74 Å². The van der Waals surface area contributed by atoms with Crippen molar-refractivity contribution in [3.05, 3.63) is 17.5 Å². The van der Waals surface area contributed by atoms with Gasteiger partial charge < -0.3 is 10.1 Å². The van der Waals surface area contributed by atoms with E-state index in [-0.39, 0.29) is 0 Å². The minimum atomic E-state index is 0.783. The molecule has 5 heteroatoms. The van der Waals surface area contributed by atoms with Crippen LogP contribution >= 0.6 is 11.8 Å². The molecule has 0 saturated carbocycles. The van der Waals surface area contributed by atoms with E-state index in [1.54, 1.807) is 18.9 Å². The molecule has 0 spiro atoms. The topological polar surface area (TPSA) is 47.0 Å². The summed E-state index contributed by atoms with van der Waals surface area (Å²) in [6, 6.07) is 2.00. The molecule has 0 saturated heterocycles. The molecule has 0 aliphatic rings. The van der Waals surface area contributed by atoms with Crippen molar-refractivity contribution in [3.8, 4) is 0 Å². The standard InChI is InChI=1S/C13H23N3OS/c1-11-10-12(2)16-13(15-11)18-9-5-4-6-14-7-8-17-3/h10,14H,4-9H2,1-3H3. The number of nitrogens with zero attached hydrogens (tertiary/aromatic N) is 2. The Kier molecular flexibility index (Phi) is 7.96. The van der Waals surface area contributed by atoms with Crippen LogP contribution in [0.2, 0.25) is 0 Å². The summed E-state index contributed by atoms with van der Waals surface area (Å²) in [6.07, 6.45) is 2.36. The minimum Gasteiger partial charge on any atom is -0.383 e. The van der Waals surface area contributed by atoms with Crippen LogP contribution in [0.4, 0.5) is 0 Å². The number of hydrogen-bond donors (Lipinski definition) is 1. The van der Waals surface area contributed by atoms with Gasteiger partial charge in [-0.25, -0.2) is 9.97 Å².